The number of pyridine rings is 1. The van der Waals surface area contributed by atoms with E-state index < -0.39 is 0 Å². The van der Waals surface area contributed by atoms with Crippen LogP contribution in [-0.4, -0.2) is 27.3 Å². The summed E-state index contributed by atoms with van der Waals surface area (Å²) in [6.07, 6.45) is 3.40. The summed E-state index contributed by atoms with van der Waals surface area (Å²) in [7, 11) is 1.55. The van der Waals surface area contributed by atoms with E-state index in [4.69, 9.17) is 9.26 Å². The van der Waals surface area contributed by atoms with Gasteiger partial charge in [-0.3, -0.25) is 4.98 Å². The molecule has 106 valence electrons. The van der Waals surface area contributed by atoms with Crippen molar-refractivity contribution >= 4 is 0 Å². The van der Waals surface area contributed by atoms with Crippen molar-refractivity contribution < 1.29 is 14.4 Å². The van der Waals surface area contributed by atoms with E-state index in [2.05, 4.69) is 15.1 Å². The van der Waals surface area contributed by atoms with Crippen molar-refractivity contribution in [1.29, 1.82) is 0 Å². The molecule has 0 aliphatic heterocycles. The summed E-state index contributed by atoms with van der Waals surface area (Å²) in [5, 5.41) is 13.9. The monoisotopic (exact) mass is 283 g/mol. The summed E-state index contributed by atoms with van der Waals surface area (Å²) in [5.74, 6) is 1.34. The van der Waals surface area contributed by atoms with Gasteiger partial charge in [0.2, 0.25) is 5.82 Å². The van der Waals surface area contributed by atoms with Gasteiger partial charge in [-0.05, 0) is 36.8 Å². The third-order valence-electron chi connectivity index (χ3n) is 3.12. The fraction of sp³-hybridized carbons (Fsp3) is 0.133. The quantitative estimate of drug-likeness (QED) is 0.796. The number of ether oxygens (including phenoxy) is 1. The zero-order valence-corrected chi connectivity index (χ0v) is 11.6. The van der Waals surface area contributed by atoms with Crippen LogP contribution in [0, 0.1) is 6.92 Å². The summed E-state index contributed by atoms with van der Waals surface area (Å²) < 4.78 is 10.4. The SMILES string of the molecule is COc1ccc(O)c(-c2nc(-c3ccncc3C)no2)c1. The fourth-order valence-corrected chi connectivity index (χ4v) is 1.98. The van der Waals surface area contributed by atoms with Crippen molar-refractivity contribution in [3.8, 4) is 34.3 Å². The van der Waals surface area contributed by atoms with Crippen LogP contribution in [0.2, 0.25) is 0 Å². The molecule has 1 N–H and O–H groups in total. The minimum atomic E-state index is 0.0532. The van der Waals surface area contributed by atoms with E-state index in [9.17, 15) is 5.11 Å². The van der Waals surface area contributed by atoms with Gasteiger partial charge in [0.25, 0.3) is 5.89 Å². The van der Waals surface area contributed by atoms with Crippen LogP contribution in [0.3, 0.4) is 0 Å². The Balaban J connectivity index is 2.05. The van der Waals surface area contributed by atoms with Crippen LogP contribution in [0.5, 0.6) is 11.5 Å². The molecule has 21 heavy (non-hydrogen) atoms. The third kappa shape index (κ3) is 2.43. The van der Waals surface area contributed by atoms with Crippen LogP contribution in [0.15, 0.2) is 41.2 Å². The molecule has 0 unspecified atom stereocenters. The van der Waals surface area contributed by atoms with Gasteiger partial charge in [-0.15, -0.1) is 0 Å². The van der Waals surface area contributed by atoms with Crippen molar-refractivity contribution in [3.63, 3.8) is 0 Å². The first-order valence-electron chi connectivity index (χ1n) is 6.31. The highest BCUT2D eigenvalue weighted by molar-refractivity contribution is 5.67. The second-order valence-corrected chi connectivity index (χ2v) is 4.50. The van der Waals surface area contributed by atoms with Crippen LogP contribution in [0.25, 0.3) is 22.8 Å². The summed E-state index contributed by atoms with van der Waals surface area (Å²) in [6, 6.07) is 6.64. The minimum absolute atomic E-state index is 0.0532. The third-order valence-corrected chi connectivity index (χ3v) is 3.12. The number of methoxy groups -OCH3 is 1. The number of rotatable bonds is 3. The van der Waals surface area contributed by atoms with Gasteiger partial charge < -0.3 is 14.4 Å². The number of phenols is 1. The van der Waals surface area contributed by atoms with E-state index in [-0.39, 0.29) is 11.6 Å². The first-order valence-corrected chi connectivity index (χ1v) is 6.31. The molecule has 0 saturated carbocycles. The van der Waals surface area contributed by atoms with E-state index in [0.29, 0.717) is 17.1 Å². The maximum Gasteiger partial charge on any atom is 0.262 e. The Morgan fingerprint density at radius 2 is 2.05 bits per heavy atom. The Kier molecular flexibility index (Phi) is 3.27. The Morgan fingerprint density at radius 1 is 1.19 bits per heavy atom. The Labute approximate surface area is 121 Å². The van der Waals surface area contributed by atoms with Crippen LogP contribution in [0.4, 0.5) is 0 Å². The van der Waals surface area contributed by atoms with Crippen molar-refractivity contribution in [2.45, 2.75) is 6.92 Å². The number of aryl methyl sites for hydroxylation is 1. The molecule has 6 heteroatoms. The lowest BCUT2D eigenvalue weighted by Gasteiger charge is -2.03. The molecule has 0 spiro atoms. The molecule has 1 aromatic carbocycles. The zero-order chi connectivity index (χ0) is 14.8. The van der Waals surface area contributed by atoms with Gasteiger partial charge in [0, 0.05) is 18.0 Å². The second kappa shape index (κ2) is 5.24. The lowest BCUT2D eigenvalue weighted by Crippen LogP contribution is -1.87. The lowest BCUT2D eigenvalue weighted by molar-refractivity contribution is 0.408. The highest BCUT2D eigenvalue weighted by Gasteiger charge is 2.16. The molecule has 3 rings (SSSR count). The molecule has 6 nitrogen and oxygen atoms in total. The van der Waals surface area contributed by atoms with Crippen molar-refractivity contribution in [2.75, 3.05) is 7.11 Å². The Hall–Kier alpha value is -2.89. The molecule has 3 aromatic rings. The topological polar surface area (TPSA) is 81.3 Å². The van der Waals surface area contributed by atoms with E-state index in [1.165, 1.54) is 6.07 Å². The summed E-state index contributed by atoms with van der Waals surface area (Å²) in [4.78, 5) is 8.36. The van der Waals surface area contributed by atoms with E-state index in [0.717, 1.165) is 11.1 Å². The predicted octanol–water partition coefficient (Wildman–Crippen LogP) is 2.82. The largest absolute Gasteiger partial charge is 0.507 e. The van der Waals surface area contributed by atoms with Crippen molar-refractivity contribution in [3.05, 3.63) is 42.2 Å². The van der Waals surface area contributed by atoms with E-state index >= 15 is 0 Å². The summed E-state index contributed by atoms with van der Waals surface area (Å²) >= 11 is 0. The molecular weight excluding hydrogens is 270 g/mol. The summed E-state index contributed by atoms with van der Waals surface area (Å²) in [6.45, 7) is 1.92. The second-order valence-electron chi connectivity index (χ2n) is 4.50. The first kappa shape index (κ1) is 13.1. The van der Waals surface area contributed by atoms with Crippen molar-refractivity contribution in [2.24, 2.45) is 0 Å². The lowest BCUT2D eigenvalue weighted by atomic mass is 10.1. The normalized spacial score (nSPS) is 10.6. The van der Waals surface area contributed by atoms with Crippen molar-refractivity contribution in [1.82, 2.24) is 15.1 Å². The van der Waals surface area contributed by atoms with Gasteiger partial charge >= 0.3 is 0 Å². The molecule has 0 bridgehead atoms. The van der Waals surface area contributed by atoms with Crippen LogP contribution in [-0.2, 0) is 0 Å². The molecular formula is C15H13N3O3. The maximum atomic E-state index is 9.92. The molecule has 0 radical (unpaired) electrons. The predicted molar refractivity (Wildman–Crippen MR) is 75.9 cm³/mol. The molecule has 0 amide bonds. The molecule has 0 atom stereocenters. The van der Waals surface area contributed by atoms with Gasteiger partial charge in [0.1, 0.15) is 11.5 Å². The van der Waals surface area contributed by atoms with Gasteiger partial charge in [0.15, 0.2) is 0 Å². The zero-order valence-electron chi connectivity index (χ0n) is 11.6. The Bertz CT molecular complexity index is 783. The number of aromatic nitrogens is 3. The van der Waals surface area contributed by atoms with Crippen LogP contribution < -0.4 is 4.74 Å². The average Bonchev–Trinajstić information content (AvgIpc) is 2.97. The summed E-state index contributed by atoms with van der Waals surface area (Å²) in [5.41, 5.74) is 2.21. The van der Waals surface area contributed by atoms with Crippen LogP contribution >= 0.6 is 0 Å². The van der Waals surface area contributed by atoms with Gasteiger partial charge in [-0.25, -0.2) is 0 Å². The van der Waals surface area contributed by atoms with Gasteiger partial charge in [-0.2, -0.15) is 4.98 Å². The standard InChI is InChI=1S/C15H13N3O3/c1-9-8-16-6-5-11(9)14-17-15(21-18-14)12-7-10(20-2)3-4-13(12)19/h3-8,19H,1-2H3. The molecule has 2 aromatic heterocycles. The van der Waals surface area contributed by atoms with E-state index in [1.54, 1.807) is 31.6 Å². The molecule has 0 fully saturated rings. The smallest absolute Gasteiger partial charge is 0.262 e. The van der Waals surface area contributed by atoms with Crippen LogP contribution in [0.1, 0.15) is 5.56 Å². The molecule has 0 saturated heterocycles. The average molecular weight is 283 g/mol. The highest BCUT2D eigenvalue weighted by Crippen LogP contribution is 2.32. The number of benzene rings is 1. The maximum absolute atomic E-state index is 9.92. The molecule has 0 aliphatic rings. The van der Waals surface area contributed by atoms with E-state index in [1.807, 2.05) is 13.0 Å². The van der Waals surface area contributed by atoms with Gasteiger partial charge in [0.05, 0.1) is 12.7 Å². The highest BCUT2D eigenvalue weighted by atomic mass is 16.5. The number of nitrogens with zero attached hydrogens (tertiary/aromatic N) is 3. The number of hydrogen-bond acceptors (Lipinski definition) is 6. The molecule has 0 aliphatic carbocycles. The Morgan fingerprint density at radius 3 is 2.81 bits per heavy atom. The fourth-order valence-electron chi connectivity index (χ4n) is 1.98. The number of hydrogen-bond donors (Lipinski definition) is 1. The first-order chi connectivity index (χ1) is 10.2. The molecule has 2 heterocycles. The number of phenolic OH excluding ortho intramolecular Hbond substituents is 1. The number of aromatic hydroxyl groups is 1. The van der Waals surface area contributed by atoms with Gasteiger partial charge in [-0.1, -0.05) is 5.16 Å². The minimum Gasteiger partial charge on any atom is -0.507 e.